The fourth-order valence-corrected chi connectivity index (χ4v) is 1.42. The lowest BCUT2D eigenvalue weighted by Crippen LogP contribution is -2.09. The first-order valence-electron chi connectivity index (χ1n) is 5.42. The van der Waals surface area contributed by atoms with Gasteiger partial charge in [0, 0.05) is 6.07 Å². The van der Waals surface area contributed by atoms with Crippen LogP contribution in [0.2, 0.25) is 0 Å². The number of carbonyl (C=O) groups is 1. The SMILES string of the molecule is CCCCOc1ccc([N+](=O)[O-])c(N)c1C(=O)O. The van der Waals surface area contributed by atoms with Crippen LogP contribution >= 0.6 is 0 Å². The lowest BCUT2D eigenvalue weighted by Gasteiger charge is -2.10. The summed E-state index contributed by atoms with van der Waals surface area (Å²) in [5, 5.41) is 19.7. The molecule has 0 atom stereocenters. The topological polar surface area (TPSA) is 116 Å². The Morgan fingerprint density at radius 2 is 2.22 bits per heavy atom. The lowest BCUT2D eigenvalue weighted by atomic mass is 10.1. The molecule has 0 heterocycles. The van der Waals surface area contributed by atoms with Gasteiger partial charge in [-0.3, -0.25) is 10.1 Å². The summed E-state index contributed by atoms with van der Waals surface area (Å²) < 4.78 is 5.27. The predicted molar refractivity (Wildman–Crippen MR) is 64.9 cm³/mol. The quantitative estimate of drug-likeness (QED) is 0.347. The van der Waals surface area contributed by atoms with Gasteiger partial charge in [-0.2, -0.15) is 0 Å². The Morgan fingerprint density at radius 3 is 2.72 bits per heavy atom. The van der Waals surface area contributed by atoms with Crippen LogP contribution in [-0.2, 0) is 0 Å². The maximum Gasteiger partial charge on any atom is 0.341 e. The summed E-state index contributed by atoms with van der Waals surface area (Å²) >= 11 is 0. The van der Waals surface area contributed by atoms with Gasteiger partial charge in [-0.15, -0.1) is 0 Å². The third-order valence-corrected chi connectivity index (χ3v) is 2.35. The standard InChI is InChI=1S/C11H14N2O5/c1-2-3-6-18-8-5-4-7(13(16)17)10(12)9(8)11(14)15/h4-5H,2-3,6,12H2,1H3,(H,14,15). The van der Waals surface area contributed by atoms with Crippen LogP contribution < -0.4 is 10.5 Å². The number of nitro groups is 1. The number of nitro benzene ring substituents is 1. The van der Waals surface area contributed by atoms with Crippen LogP contribution in [0.25, 0.3) is 0 Å². The van der Waals surface area contributed by atoms with E-state index in [-0.39, 0.29) is 17.0 Å². The zero-order valence-corrected chi connectivity index (χ0v) is 9.88. The highest BCUT2D eigenvalue weighted by Crippen LogP contribution is 2.32. The number of rotatable bonds is 6. The molecule has 0 saturated carbocycles. The molecular formula is C11H14N2O5. The molecular weight excluding hydrogens is 240 g/mol. The monoisotopic (exact) mass is 254 g/mol. The molecule has 0 amide bonds. The van der Waals surface area contributed by atoms with Crippen molar-refractivity contribution in [3.05, 3.63) is 27.8 Å². The maximum atomic E-state index is 11.1. The fraction of sp³-hybridized carbons (Fsp3) is 0.364. The van der Waals surface area contributed by atoms with E-state index in [0.717, 1.165) is 18.9 Å². The number of hydrogen-bond donors (Lipinski definition) is 2. The molecule has 7 heteroatoms. The molecule has 3 N–H and O–H groups in total. The minimum absolute atomic E-state index is 0.0547. The summed E-state index contributed by atoms with van der Waals surface area (Å²) in [5.74, 6) is -1.29. The van der Waals surface area contributed by atoms with Crippen molar-refractivity contribution in [3.8, 4) is 5.75 Å². The van der Waals surface area contributed by atoms with Crippen LogP contribution in [0.5, 0.6) is 5.75 Å². The summed E-state index contributed by atoms with van der Waals surface area (Å²) in [7, 11) is 0. The van der Waals surface area contributed by atoms with Crippen molar-refractivity contribution in [2.75, 3.05) is 12.3 Å². The largest absolute Gasteiger partial charge is 0.493 e. The number of nitrogen functional groups attached to an aromatic ring is 1. The van der Waals surface area contributed by atoms with Gasteiger partial charge in [0.2, 0.25) is 0 Å². The Balaban J connectivity index is 3.15. The Kier molecular flexibility index (Phi) is 4.47. The second-order valence-electron chi connectivity index (χ2n) is 3.64. The number of nitrogens with two attached hydrogens (primary N) is 1. The Morgan fingerprint density at radius 1 is 1.56 bits per heavy atom. The van der Waals surface area contributed by atoms with Crippen molar-refractivity contribution in [1.82, 2.24) is 0 Å². The van der Waals surface area contributed by atoms with Crippen LogP contribution in [0.15, 0.2) is 12.1 Å². The van der Waals surface area contributed by atoms with Gasteiger partial charge in [-0.25, -0.2) is 4.79 Å². The highest BCUT2D eigenvalue weighted by atomic mass is 16.6. The number of carboxylic acid groups (broad SMARTS) is 1. The van der Waals surface area contributed by atoms with Crippen molar-refractivity contribution in [2.24, 2.45) is 0 Å². The van der Waals surface area contributed by atoms with E-state index in [1.54, 1.807) is 0 Å². The summed E-state index contributed by atoms with van der Waals surface area (Å²) in [6.07, 6.45) is 1.65. The highest BCUT2D eigenvalue weighted by Gasteiger charge is 2.23. The molecule has 0 aromatic heterocycles. The zero-order chi connectivity index (χ0) is 13.7. The molecule has 7 nitrogen and oxygen atoms in total. The van der Waals surface area contributed by atoms with E-state index in [1.165, 1.54) is 6.07 Å². The number of benzene rings is 1. The number of carboxylic acids is 1. The average Bonchev–Trinajstić information content (AvgIpc) is 2.28. The van der Waals surface area contributed by atoms with Crippen LogP contribution in [-0.4, -0.2) is 22.6 Å². The Hall–Kier alpha value is -2.31. The summed E-state index contributed by atoms with van der Waals surface area (Å²) in [6.45, 7) is 2.31. The molecule has 0 aliphatic rings. The van der Waals surface area contributed by atoms with Gasteiger partial charge in [0.25, 0.3) is 5.69 Å². The molecule has 1 rings (SSSR count). The second kappa shape index (κ2) is 5.85. The Labute approximate surface area is 103 Å². The number of aromatic carboxylic acids is 1. The molecule has 1 aromatic carbocycles. The smallest absolute Gasteiger partial charge is 0.341 e. The third kappa shape index (κ3) is 2.88. The van der Waals surface area contributed by atoms with Gasteiger partial charge in [0.15, 0.2) is 0 Å². The minimum atomic E-state index is -1.34. The van der Waals surface area contributed by atoms with E-state index in [0.29, 0.717) is 6.61 Å². The minimum Gasteiger partial charge on any atom is -0.493 e. The van der Waals surface area contributed by atoms with Gasteiger partial charge in [0.05, 0.1) is 11.5 Å². The summed E-state index contributed by atoms with van der Waals surface area (Å²) in [4.78, 5) is 21.0. The number of ether oxygens (including phenoxy) is 1. The molecule has 0 bridgehead atoms. The van der Waals surface area contributed by atoms with Gasteiger partial charge in [-0.05, 0) is 12.5 Å². The van der Waals surface area contributed by atoms with Crippen LogP contribution in [0.3, 0.4) is 0 Å². The Bertz CT molecular complexity index is 473. The van der Waals surface area contributed by atoms with Gasteiger partial charge < -0.3 is 15.6 Å². The highest BCUT2D eigenvalue weighted by molar-refractivity contribution is 5.99. The van der Waals surface area contributed by atoms with Crippen LogP contribution in [0.4, 0.5) is 11.4 Å². The predicted octanol–water partition coefficient (Wildman–Crippen LogP) is 2.05. The van der Waals surface area contributed by atoms with Crippen LogP contribution in [0.1, 0.15) is 30.1 Å². The number of anilines is 1. The second-order valence-corrected chi connectivity index (χ2v) is 3.64. The third-order valence-electron chi connectivity index (χ3n) is 2.35. The molecule has 0 aliphatic heterocycles. The number of hydrogen-bond acceptors (Lipinski definition) is 5. The molecule has 0 radical (unpaired) electrons. The average molecular weight is 254 g/mol. The molecule has 0 aliphatic carbocycles. The molecule has 0 saturated heterocycles. The molecule has 0 spiro atoms. The van der Waals surface area contributed by atoms with E-state index < -0.39 is 16.6 Å². The van der Waals surface area contributed by atoms with E-state index in [2.05, 4.69) is 0 Å². The van der Waals surface area contributed by atoms with E-state index in [9.17, 15) is 14.9 Å². The summed E-state index contributed by atoms with van der Waals surface area (Å²) in [5.41, 5.74) is 4.30. The first-order valence-corrected chi connectivity index (χ1v) is 5.42. The van der Waals surface area contributed by atoms with Crippen molar-refractivity contribution < 1.29 is 19.6 Å². The first-order chi connectivity index (χ1) is 8.49. The number of nitrogens with zero attached hydrogens (tertiary/aromatic N) is 1. The number of unbranched alkanes of at least 4 members (excludes halogenated alkanes) is 1. The van der Waals surface area contributed by atoms with Crippen LogP contribution in [0, 0.1) is 10.1 Å². The van der Waals surface area contributed by atoms with Crippen molar-refractivity contribution in [3.63, 3.8) is 0 Å². The normalized spacial score (nSPS) is 10.1. The fourth-order valence-electron chi connectivity index (χ4n) is 1.42. The molecule has 98 valence electrons. The van der Waals surface area contributed by atoms with Gasteiger partial charge >= 0.3 is 5.97 Å². The lowest BCUT2D eigenvalue weighted by molar-refractivity contribution is -0.383. The molecule has 18 heavy (non-hydrogen) atoms. The van der Waals surface area contributed by atoms with Gasteiger partial charge in [-0.1, -0.05) is 13.3 Å². The van der Waals surface area contributed by atoms with Crippen molar-refractivity contribution in [1.29, 1.82) is 0 Å². The van der Waals surface area contributed by atoms with Gasteiger partial charge in [0.1, 0.15) is 17.0 Å². The van der Waals surface area contributed by atoms with E-state index >= 15 is 0 Å². The maximum absolute atomic E-state index is 11.1. The zero-order valence-electron chi connectivity index (χ0n) is 9.88. The first kappa shape index (κ1) is 13.8. The van der Waals surface area contributed by atoms with E-state index in [1.807, 2.05) is 6.92 Å². The van der Waals surface area contributed by atoms with Crippen molar-refractivity contribution >= 4 is 17.3 Å². The molecule has 0 unspecified atom stereocenters. The molecule has 1 aromatic rings. The van der Waals surface area contributed by atoms with Crippen molar-refractivity contribution in [2.45, 2.75) is 19.8 Å². The van der Waals surface area contributed by atoms with E-state index in [4.69, 9.17) is 15.6 Å². The summed E-state index contributed by atoms with van der Waals surface area (Å²) in [6, 6.07) is 2.40. The molecule has 0 fully saturated rings.